The molecule has 20 nitrogen and oxygen atoms in total. The van der Waals surface area contributed by atoms with Crippen molar-refractivity contribution >= 4 is 17.8 Å². The summed E-state index contributed by atoms with van der Waals surface area (Å²) < 4.78 is 0. The number of amides is 2. The highest BCUT2D eigenvalue weighted by Gasteiger charge is 2.41. The van der Waals surface area contributed by atoms with Crippen LogP contribution in [0.15, 0.2) is 0 Å². The molecule has 8 saturated heterocycles. The molecule has 1 saturated carbocycles. The van der Waals surface area contributed by atoms with Crippen LogP contribution in [0, 0.1) is 41.4 Å². The molecule has 9 aliphatic rings. The van der Waals surface area contributed by atoms with Crippen molar-refractivity contribution < 1.29 is 34.8 Å². The lowest BCUT2D eigenvalue weighted by molar-refractivity contribution is -0.138. The van der Waals surface area contributed by atoms with Gasteiger partial charge in [0.15, 0.2) is 0 Å². The van der Waals surface area contributed by atoms with E-state index in [2.05, 4.69) is 214 Å². The summed E-state index contributed by atoms with van der Waals surface area (Å²) in [4.78, 5) is 63.2. The van der Waals surface area contributed by atoms with E-state index in [0.717, 1.165) is 198 Å². The van der Waals surface area contributed by atoms with Gasteiger partial charge < -0.3 is 55.1 Å². The minimum absolute atomic E-state index is 0.0625. The summed E-state index contributed by atoms with van der Waals surface area (Å²) in [5.74, 6) is 6.18. The van der Waals surface area contributed by atoms with Crippen LogP contribution in [0.2, 0.25) is 0 Å². The molecule has 20 heteroatoms. The van der Waals surface area contributed by atoms with Crippen LogP contribution in [0.4, 0.5) is 0 Å². The van der Waals surface area contributed by atoms with Crippen molar-refractivity contribution in [3.63, 3.8) is 0 Å². The third kappa shape index (κ3) is 47.9. The second kappa shape index (κ2) is 62.9. The number of aliphatic hydroxyl groups excluding tert-OH is 3. The van der Waals surface area contributed by atoms with Gasteiger partial charge in [0.2, 0.25) is 11.8 Å². The average molecular weight is 1630 g/mol. The zero-order valence-electron chi connectivity index (χ0n) is 80.0. The molecule has 0 spiro atoms. The van der Waals surface area contributed by atoms with Crippen molar-refractivity contribution in [3.05, 3.63) is 0 Å². The molecule has 682 valence electrons. The smallest absolute Gasteiger partial charge is 0.317 e. The number of unbranched alkanes of at least 4 members (excludes halogenated alkanes) is 1. The molecule has 9 fully saturated rings. The molecule has 2 atom stereocenters. The summed E-state index contributed by atoms with van der Waals surface area (Å²) in [7, 11) is 0. The van der Waals surface area contributed by atoms with Gasteiger partial charge in [0.1, 0.15) is 0 Å². The van der Waals surface area contributed by atoms with Gasteiger partial charge in [-0.2, -0.15) is 0 Å². The van der Waals surface area contributed by atoms with E-state index < -0.39 is 5.97 Å². The maximum absolute atomic E-state index is 12.2. The van der Waals surface area contributed by atoms with E-state index in [-0.39, 0.29) is 37.1 Å². The molecule has 8 heterocycles. The van der Waals surface area contributed by atoms with Gasteiger partial charge in [0.25, 0.3) is 0 Å². The van der Waals surface area contributed by atoms with Gasteiger partial charge in [-0.25, -0.2) is 0 Å². The van der Waals surface area contributed by atoms with E-state index in [1.807, 2.05) is 9.80 Å². The number of piperidine rings is 5. The van der Waals surface area contributed by atoms with Gasteiger partial charge >= 0.3 is 5.97 Å². The zero-order chi connectivity index (χ0) is 86.0. The first-order valence-electron chi connectivity index (χ1n) is 48.4. The highest BCUT2D eigenvalue weighted by Crippen LogP contribution is 2.47. The first kappa shape index (κ1) is 109. The molecule has 0 bridgehead atoms. The SMILES string of the molecule is CC(C)N1CCCN(C(C)(C)CO)CC1.CC(C)N1CCCN(CC(=O)O)CC1.CC(C)N1CCCN(CCO)CC1.CC1CC1C1CCN(C(C)C)CC1.CCCC1CCN(C(C)C)CC1.CCCCC1CCN(C(C)C)CC1.CCCN(CCO)C(=O)CC1CCN(C(C)C)CC1.CCCNC(=O)CC1CCN(C(C)C)CC1. The number of aliphatic carboxylic acids is 1. The number of likely N-dealkylation sites (tertiary alicyclic amines) is 5. The van der Waals surface area contributed by atoms with Crippen LogP contribution in [0.3, 0.4) is 0 Å². The van der Waals surface area contributed by atoms with Gasteiger partial charge in [-0.1, -0.05) is 66.7 Å². The molecule has 9 rings (SSSR count). The highest BCUT2D eigenvalue weighted by molar-refractivity contribution is 5.76. The van der Waals surface area contributed by atoms with Crippen molar-refractivity contribution in [2.24, 2.45) is 41.4 Å². The predicted molar refractivity (Wildman–Crippen MR) is 490 cm³/mol. The van der Waals surface area contributed by atoms with Crippen molar-refractivity contribution in [3.8, 4) is 0 Å². The molecule has 115 heavy (non-hydrogen) atoms. The van der Waals surface area contributed by atoms with E-state index in [4.69, 9.17) is 15.3 Å². The number of rotatable bonds is 30. The monoisotopic (exact) mass is 1630 g/mol. The quantitative estimate of drug-likeness (QED) is 0.0457. The number of aliphatic hydroxyl groups is 3. The third-order valence-corrected chi connectivity index (χ3v) is 27.0. The van der Waals surface area contributed by atoms with Crippen molar-refractivity contribution in [2.75, 3.05) is 197 Å². The van der Waals surface area contributed by atoms with E-state index in [1.165, 1.54) is 155 Å². The van der Waals surface area contributed by atoms with Crippen molar-refractivity contribution in [2.45, 2.75) is 361 Å². The maximum Gasteiger partial charge on any atom is 0.317 e. The molecule has 8 aliphatic heterocycles. The number of carbonyl (C=O) groups is 3. The standard InChI is InChI=1S/C15H30N2O2.C13H26N2O.C12H26N2O.C12H23N.C12H25N.C11H23N.C10H20N2O2.C10H22N2O/c1-4-7-17(10-11-18)15(19)12-14-5-8-16(9-6-14)13(2)3;1-4-7-14-13(16)10-12-5-8-15(9-6-12)11(2)3;1-11(2)13-6-5-7-14(9-8-13)12(3,4)10-15;1-9(2)13-6-4-11(5-7-13)12-8-10(12)3;1-4-5-6-12-7-9-13(10-8-12)11(2)3;1-4-5-11-6-8-12(9-7-11)10(2)3;1-9(2)12-5-3-4-11(6-7-12)8-10(13)14;1-10(2)12-5-3-4-11(6-7-12)8-9-13/h13-14,18H,4-12H2,1-3H3;11-12H,4-10H2,1-3H3,(H,14,16);11,15H,5-10H2,1-4H3;9-12H,4-8H2,1-3H3;11-12H,4-10H2,1-3H3;10-11H,4-9H2,1-3H3;9H,3-8H2,1-2H3,(H,13,14);10,13H,3-9H2,1-2H3. The molecule has 5 N–H and O–H groups in total. The Kier molecular flexibility index (Phi) is 59.5. The van der Waals surface area contributed by atoms with E-state index in [9.17, 15) is 19.5 Å². The summed E-state index contributed by atoms with van der Waals surface area (Å²) in [5.41, 5.74) is -0.0625. The Morgan fingerprint density at radius 2 is 0.783 bits per heavy atom. The Hall–Kier alpha value is -2.15. The minimum Gasteiger partial charge on any atom is -0.480 e. The van der Waals surface area contributed by atoms with Crippen LogP contribution < -0.4 is 5.32 Å². The Morgan fingerprint density at radius 1 is 0.409 bits per heavy atom. The van der Waals surface area contributed by atoms with Gasteiger partial charge in [0.05, 0.1) is 26.4 Å². The molecular formula is C95H195N13O7. The molecule has 2 amide bonds. The summed E-state index contributed by atoms with van der Waals surface area (Å²) in [6, 6.07) is 5.41. The van der Waals surface area contributed by atoms with E-state index in [0.29, 0.717) is 61.6 Å². The van der Waals surface area contributed by atoms with Gasteiger partial charge in [0, 0.05) is 145 Å². The number of β-amino-alcohol motifs (C(OH)–C–C–N with tert-alkyl or cyclic N) is 1. The highest BCUT2D eigenvalue weighted by atomic mass is 16.4. The molecule has 0 aromatic rings. The number of hydrogen-bond acceptors (Lipinski definition) is 17. The normalized spacial score (nSPS) is 22.4. The fourth-order valence-electron chi connectivity index (χ4n) is 18.3. The Balaban J connectivity index is 0.000000447. The summed E-state index contributed by atoms with van der Waals surface area (Å²) in [5, 5.41) is 38.8. The number of nitrogens with zero attached hydrogens (tertiary/aromatic N) is 12. The number of carbonyl (C=O) groups excluding carboxylic acids is 2. The Morgan fingerprint density at radius 3 is 1.15 bits per heavy atom. The van der Waals surface area contributed by atoms with Crippen LogP contribution in [-0.4, -0.2) is 347 Å². The van der Waals surface area contributed by atoms with Crippen LogP contribution in [-0.2, 0) is 14.4 Å². The second-order valence-corrected chi connectivity index (χ2v) is 39.1. The first-order chi connectivity index (χ1) is 54.7. The summed E-state index contributed by atoms with van der Waals surface area (Å²) in [6.45, 7) is 80.9. The summed E-state index contributed by atoms with van der Waals surface area (Å²) in [6.07, 6.45) is 28.8. The minimum atomic E-state index is -0.719. The molecule has 0 aromatic carbocycles. The van der Waals surface area contributed by atoms with Crippen LogP contribution in [0.1, 0.15) is 307 Å². The lowest BCUT2D eigenvalue weighted by Crippen LogP contribution is -2.48. The van der Waals surface area contributed by atoms with E-state index >= 15 is 0 Å². The molecule has 0 aromatic heterocycles. The van der Waals surface area contributed by atoms with Crippen LogP contribution in [0.25, 0.3) is 0 Å². The molecule has 1 aliphatic carbocycles. The fraction of sp³-hybridized carbons (Fsp3) is 0.968. The Bertz CT molecular complexity index is 2340. The molecular weight excluding hydrogens is 1440 g/mol. The first-order valence-corrected chi connectivity index (χ1v) is 48.4. The van der Waals surface area contributed by atoms with E-state index in [1.54, 1.807) is 0 Å². The predicted octanol–water partition coefficient (Wildman–Crippen LogP) is 14.8. The topological polar surface area (TPSA) is 183 Å². The van der Waals surface area contributed by atoms with Gasteiger partial charge in [-0.15, -0.1) is 0 Å². The summed E-state index contributed by atoms with van der Waals surface area (Å²) >= 11 is 0. The number of carboxylic acids is 1. The fourth-order valence-corrected chi connectivity index (χ4v) is 18.3. The lowest BCUT2D eigenvalue weighted by atomic mass is 9.90. The number of hydrogen-bond donors (Lipinski definition) is 5. The Labute approximate surface area is 711 Å². The van der Waals surface area contributed by atoms with Crippen LogP contribution in [0.5, 0.6) is 0 Å². The average Bonchev–Trinajstić information content (AvgIpc) is 1.67. The van der Waals surface area contributed by atoms with Crippen molar-refractivity contribution in [1.82, 2.24) is 64.1 Å². The van der Waals surface area contributed by atoms with Crippen molar-refractivity contribution in [1.29, 1.82) is 0 Å². The second-order valence-electron chi connectivity index (χ2n) is 39.1. The number of carboxylic acid groups (broad SMARTS) is 1. The van der Waals surface area contributed by atoms with Crippen LogP contribution >= 0.6 is 0 Å². The molecule has 2 unspecified atom stereocenters. The number of nitrogens with one attached hydrogen (secondary N) is 1. The zero-order valence-corrected chi connectivity index (χ0v) is 80.0. The van der Waals surface area contributed by atoms with Gasteiger partial charge in [-0.3, -0.25) is 43.8 Å². The maximum atomic E-state index is 12.2. The largest absolute Gasteiger partial charge is 0.480 e. The lowest BCUT2D eigenvalue weighted by Gasteiger charge is -2.36. The molecule has 0 radical (unpaired) electrons. The van der Waals surface area contributed by atoms with Gasteiger partial charge in [-0.05, 0) is 360 Å². The third-order valence-electron chi connectivity index (χ3n) is 27.0.